The molecule has 0 saturated heterocycles. The van der Waals surface area contributed by atoms with E-state index in [0.717, 1.165) is 17.1 Å². The van der Waals surface area contributed by atoms with Crippen LogP contribution in [0.1, 0.15) is 27.6 Å². The van der Waals surface area contributed by atoms with Crippen molar-refractivity contribution >= 4 is 11.6 Å². The van der Waals surface area contributed by atoms with Gasteiger partial charge in [0.1, 0.15) is 17.5 Å². The van der Waals surface area contributed by atoms with E-state index in [0.29, 0.717) is 17.1 Å². The lowest BCUT2D eigenvalue weighted by Gasteiger charge is -2.09. The molecule has 0 spiro atoms. The molecule has 0 aliphatic heterocycles. The third-order valence-corrected chi connectivity index (χ3v) is 4.12. The summed E-state index contributed by atoms with van der Waals surface area (Å²) < 4.78 is 3.57. The predicted molar refractivity (Wildman–Crippen MR) is 91.1 cm³/mol. The van der Waals surface area contributed by atoms with Crippen molar-refractivity contribution < 1.29 is 4.79 Å². The van der Waals surface area contributed by atoms with Gasteiger partial charge in [0.05, 0.1) is 12.0 Å². The van der Waals surface area contributed by atoms with Crippen LogP contribution in [-0.4, -0.2) is 20.0 Å². The van der Waals surface area contributed by atoms with Gasteiger partial charge in [0.25, 0.3) is 5.91 Å². The third-order valence-electron chi connectivity index (χ3n) is 4.12. The Morgan fingerprint density at radius 3 is 2.42 bits per heavy atom. The maximum absolute atomic E-state index is 12.3. The molecule has 1 N–H and O–H groups in total. The lowest BCUT2D eigenvalue weighted by atomic mass is 10.2. The Bertz CT molecular complexity index is 941. The maximum Gasteiger partial charge on any atom is 0.272 e. The zero-order valence-electron chi connectivity index (χ0n) is 13.7. The topological polar surface area (TPSA) is 75.6 Å². The third kappa shape index (κ3) is 2.68. The number of aryl methyl sites for hydroxylation is 1. The van der Waals surface area contributed by atoms with Crippen molar-refractivity contribution in [1.29, 1.82) is 5.26 Å². The van der Waals surface area contributed by atoms with Gasteiger partial charge in [0.2, 0.25) is 0 Å². The van der Waals surface area contributed by atoms with E-state index in [1.165, 1.54) is 0 Å². The second-order valence-corrected chi connectivity index (χ2v) is 5.56. The number of nitriles is 1. The average molecular weight is 319 g/mol. The van der Waals surface area contributed by atoms with E-state index >= 15 is 0 Å². The lowest BCUT2D eigenvalue weighted by Crippen LogP contribution is -2.16. The minimum absolute atomic E-state index is 0.249. The minimum atomic E-state index is -0.249. The number of hydrogen-bond donors (Lipinski definition) is 1. The van der Waals surface area contributed by atoms with Gasteiger partial charge in [0, 0.05) is 24.1 Å². The largest absolute Gasteiger partial charge is 0.331 e. The van der Waals surface area contributed by atoms with Gasteiger partial charge in [-0.2, -0.15) is 5.26 Å². The van der Waals surface area contributed by atoms with E-state index in [4.69, 9.17) is 5.26 Å². The summed E-state index contributed by atoms with van der Waals surface area (Å²) in [5.74, 6) is -0.249. The average Bonchev–Trinajstić information content (AvgIpc) is 3.11. The molecule has 0 fully saturated rings. The molecule has 6 nitrogen and oxygen atoms in total. The number of hydrogen-bond acceptors (Lipinski definition) is 3. The molecule has 0 radical (unpaired) electrons. The Morgan fingerprint density at radius 1 is 1.17 bits per heavy atom. The normalized spacial score (nSPS) is 10.4. The highest BCUT2D eigenvalue weighted by Crippen LogP contribution is 2.17. The standard InChI is InChI=1S/C18H17N5O/c1-12-13(2)23(11-20-12)15-6-4-14(5-7-15)21-18(24)17-9-8-16(10-19)22(17)3/h4-9,11H,1-3H3,(H,21,24). The summed E-state index contributed by atoms with van der Waals surface area (Å²) in [5.41, 5.74) is 4.64. The van der Waals surface area contributed by atoms with E-state index in [9.17, 15) is 4.79 Å². The highest BCUT2D eigenvalue weighted by Gasteiger charge is 2.12. The SMILES string of the molecule is Cc1ncn(-c2ccc(NC(=O)c3ccc(C#N)n3C)cc2)c1C. The summed E-state index contributed by atoms with van der Waals surface area (Å²) in [6, 6.07) is 12.8. The van der Waals surface area contributed by atoms with Crippen molar-refractivity contribution in [1.82, 2.24) is 14.1 Å². The first kappa shape index (κ1) is 15.6. The van der Waals surface area contributed by atoms with E-state index in [-0.39, 0.29) is 5.91 Å². The molecule has 6 heteroatoms. The number of nitrogens with zero attached hydrogens (tertiary/aromatic N) is 4. The molecule has 1 aromatic carbocycles. The second-order valence-electron chi connectivity index (χ2n) is 5.56. The van der Waals surface area contributed by atoms with Crippen LogP contribution >= 0.6 is 0 Å². The second kappa shape index (κ2) is 6.05. The lowest BCUT2D eigenvalue weighted by molar-refractivity contribution is 0.101. The van der Waals surface area contributed by atoms with Gasteiger partial charge in [-0.25, -0.2) is 4.98 Å². The van der Waals surface area contributed by atoms with E-state index in [1.807, 2.05) is 48.7 Å². The Kier molecular flexibility index (Phi) is 3.92. The van der Waals surface area contributed by atoms with Crippen LogP contribution in [0, 0.1) is 25.2 Å². The van der Waals surface area contributed by atoms with E-state index in [1.54, 1.807) is 30.1 Å². The maximum atomic E-state index is 12.3. The van der Waals surface area contributed by atoms with Crippen LogP contribution in [0.5, 0.6) is 0 Å². The highest BCUT2D eigenvalue weighted by molar-refractivity contribution is 6.03. The molecular formula is C18H17N5O. The van der Waals surface area contributed by atoms with Crippen LogP contribution in [0.2, 0.25) is 0 Å². The minimum Gasteiger partial charge on any atom is -0.331 e. The summed E-state index contributed by atoms with van der Waals surface area (Å²) >= 11 is 0. The molecule has 2 heterocycles. The number of amides is 1. The zero-order chi connectivity index (χ0) is 17.3. The highest BCUT2D eigenvalue weighted by atomic mass is 16.1. The Morgan fingerprint density at radius 2 is 1.88 bits per heavy atom. The number of imidazole rings is 1. The van der Waals surface area contributed by atoms with Crippen molar-refractivity contribution in [2.24, 2.45) is 7.05 Å². The molecule has 1 amide bonds. The van der Waals surface area contributed by atoms with Crippen molar-refractivity contribution in [3.63, 3.8) is 0 Å². The molecule has 0 saturated carbocycles. The number of benzene rings is 1. The molecule has 24 heavy (non-hydrogen) atoms. The summed E-state index contributed by atoms with van der Waals surface area (Å²) in [7, 11) is 1.70. The Hall–Kier alpha value is -3.33. The van der Waals surface area contributed by atoms with Crippen LogP contribution < -0.4 is 5.32 Å². The van der Waals surface area contributed by atoms with Crippen LogP contribution in [-0.2, 0) is 7.05 Å². The van der Waals surface area contributed by atoms with Crippen molar-refractivity contribution in [2.45, 2.75) is 13.8 Å². The van der Waals surface area contributed by atoms with Gasteiger partial charge in [-0.05, 0) is 50.2 Å². The number of anilines is 1. The molecule has 0 bridgehead atoms. The number of carbonyl (C=O) groups is 1. The van der Waals surface area contributed by atoms with Gasteiger partial charge >= 0.3 is 0 Å². The summed E-state index contributed by atoms with van der Waals surface area (Å²) in [5, 5.41) is 11.8. The Balaban J connectivity index is 1.79. The zero-order valence-corrected chi connectivity index (χ0v) is 13.7. The fourth-order valence-corrected chi connectivity index (χ4v) is 2.51. The van der Waals surface area contributed by atoms with Crippen LogP contribution in [0.25, 0.3) is 5.69 Å². The molecule has 120 valence electrons. The number of nitrogens with one attached hydrogen (secondary N) is 1. The predicted octanol–water partition coefficient (Wildman–Crippen LogP) is 2.95. The van der Waals surface area contributed by atoms with Gasteiger partial charge < -0.3 is 14.5 Å². The summed E-state index contributed by atoms with van der Waals surface area (Å²) in [6.45, 7) is 3.98. The number of rotatable bonds is 3. The molecule has 0 unspecified atom stereocenters. The molecular weight excluding hydrogens is 302 g/mol. The number of aromatic nitrogens is 3. The van der Waals surface area contributed by atoms with Crippen LogP contribution in [0.15, 0.2) is 42.7 Å². The smallest absolute Gasteiger partial charge is 0.272 e. The fraction of sp³-hybridized carbons (Fsp3) is 0.167. The fourth-order valence-electron chi connectivity index (χ4n) is 2.51. The first-order valence-corrected chi connectivity index (χ1v) is 7.49. The van der Waals surface area contributed by atoms with Gasteiger partial charge in [0.15, 0.2) is 0 Å². The van der Waals surface area contributed by atoms with E-state index in [2.05, 4.69) is 10.3 Å². The van der Waals surface area contributed by atoms with Gasteiger partial charge in [-0.1, -0.05) is 0 Å². The first-order chi connectivity index (χ1) is 11.5. The molecule has 2 aromatic heterocycles. The Labute approximate surface area is 140 Å². The first-order valence-electron chi connectivity index (χ1n) is 7.49. The summed E-state index contributed by atoms with van der Waals surface area (Å²) in [6.07, 6.45) is 1.78. The molecule has 3 rings (SSSR count). The van der Waals surface area contributed by atoms with Crippen LogP contribution in [0.3, 0.4) is 0 Å². The molecule has 0 aliphatic carbocycles. The van der Waals surface area contributed by atoms with Gasteiger partial charge in [-0.3, -0.25) is 4.79 Å². The molecule has 3 aromatic rings. The van der Waals surface area contributed by atoms with Crippen molar-refractivity contribution in [3.8, 4) is 11.8 Å². The van der Waals surface area contributed by atoms with Gasteiger partial charge in [-0.15, -0.1) is 0 Å². The monoisotopic (exact) mass is 319 g/mol. The summed E-state index contributed by atoms with van der Waals surface area (Å²) in [4.78, 5) is 16.6. The van der Waals surface area contributed by atoms with Crippen molar-refractivity contribution in [2.75, 3.05) is 5.32 Å². The molecule has 0 aliphatic rings. The van der Waals surface area contributed by atoms with E-state index < -0.39 is 0 Å². The van der Waals surface area contributed by atoms with Crippen molar-refractivity contribution in [3.05, 3.63) is 65.5 Å². The molecule has 0 atom stereocenters. The van der Waals surface area contributed by atoms with Crippen LogP contribution in [0.4, 0.5) is 5.69 Å². The quantitative estimate of drug-likeness (QED) is 0.806. The number of carbonyl (C=O) groups excluding carboxylic acids is 1.